The van der Waals surface area contributed by atoms with E-state index < -0.39 is 16.1 Å². The average molecular weight is 398 g/mol. The number of pyridine rings is 1. The SMILES string of the molecule is COc1cc(C)c(S(=O)(=O)NC(c2ccccc2)c2ccccn2)cc1OC. The van der Waals surface area contributed by atoms with Crippen LogP contribution >= 0.6 is 0 Å². The number of hydrogen-bond acceptors (Lipinski definition) is 5. The number of methoxy groups -OCH3 is 2. The Hall–Kier alpha value is -2.90. The molecule has 28 heavy (non-hydrogen) atoms. The Labute approximate surface area is 165 Å². The summed E-state index contributed by atoms with van der Waals surface area (Å²) < 4.78 is 39.8. The monoisotopic (exact) mass is 398 g/mol. The molecule has 2 aromatic carbocycles. The fourth-order valence-electron chi connectivity index (χ4n) is 2.96. The summed E-state index contributed by atoms with van der Waals surface area (Å²) in [6.07, 6.45) is 1.64. The van der Waals surface area contributed by atoms with Crippen molar-refractivity contribution in [2.24, 2.45) is 0 Å². The molecule has 0 spiro atoms. The van der Waals surface area contributed by atoms with Crippen molar-refractivity contribution in [3.05, 3.63) is 83.7 Å². The number of ether oxygens (including phenoxy) is 2. The van der Waals surface area contributed by atoms with E-state index in [1.807, 2.05) is 36.4 Å². The van der Waals surface area contributed by atoms with Gasteiger partial charge in [-0.2, -0.15) is 4.72 Å². The Bertz CT molecular complexity index is 999. The highest BCUT2D eigenvalue weighted by atomic mass is 32.2. The van der Waals surface area contributed by atoms with Crippen molar-refractivity contribution < 1.29 is 17.9 Å². The molecule has 146 valence electrons. The van der Waals surface area contributed by atoms with Crippen LogP contribution in [0.5, 0.6) is 11.5 Å². The second-order valence-corrected chi connectivity index (χ2v) is 7.87. The predicted octanol–water partition coefficient (Wildman–Crippen LogP) is 3.48. The summed E-state index contributed by atoms with van der Waals surface area (Å²) in [5.41, 5.74) is 1.95. The van der Waals surface area contributed by atoms with E-state index in [-0.39, 0.29) is 4.90 Å². The number of nitrogens with zero attached hydrogens (tertiary/aromatic N) is 1. The van der Waals surface area contributed by atoms with Gasteiger partial charge in [0, 0.05) is 12.3 Å². The van der Waals surface area contributed by atoms with Crippen molar-refractivity contribution in [2.45, 2.75) is 17.9 Å². The van der Waals surface area contributed by atoms with Crippen LogP contribution in [0.4, 0.5) is 0 Å². The van der Waals surface area contributed by atoms with Gasteiger partial charge in [-0.3, -0.25) is 4.98 Å². The number of rotatable bonds is 7. The van der Waals surface area contributed by atoms with Gasteiger partial charge in [-0.25, -0.2) is 8.42 Å². The van der Waals surface area contributed by atoms with E-state index in [4.69, 9.17) is 9.47 Å². The number of aryl methyl sites for hydroxylation is 1. The first-order valence-electron chi connectivity index (χ1n) is 8.67. The van der Waals surface area contributed by atoms with Crippen molar-refractivity contribution in [3.63, 3.8) is 0 Å². The van der Waals surface area contributed by atoms with E-state index in [9.17, 15) is 8.42 Å². The molecular formula is C21H22N2O4S. The molecular weight excluding hydrogens is 376 g/mol. The van der Waals surface area contributed by atoms with Crippen LogP contribution in [0.25, 0.3) is 0 Å². The van der Waals surface area contributed by atoms with Crippen LogP contribution in [-0.4, -0.2) is 27.6 Å². The molecule has 0 aliphatic heterocycles. The van der Waals surface area contributed by atoms with Crippen molar-refractivity contribution in [1.82, 2.24) is 9.71 Å². The summed E-state index contributed by atoms with van der Waals surface area (Å²) in [5.74, 6) is 0.825. The summed E-state index contributed by atoms with van der Waals surface area (Å²) in [7, 11) is -0.890. The smallest absolute Gasteiger partial charge is 0.241 e. The van der Waals surface area contributed by atoms with Crippen LogP contribution in [0.15, 0.2) is 71.8 Å². The topological polar surface area (TPSA) is 77.5 Å². The minimum absolute atomic E-state index is 0.127. The Balaban J connectivity index is 2.06. The zero-order valence-electron chi connectivity index (χ0n) is 15.9. The maximum Gasteiger partial charge on any atom is 0.241 e. The van der Waals surface area contributed by atoms with Crippen LogP contribution < -0.4 is 14.2 Å². The largest absolute Gasteiger partial charge is 0.493 e. The Morgan fingerprint density at radius 2 is 1.57 bits per heavy atom. The second kappa shape index (κ2) is 8.41. The Kier molecular flexibility index (Phi) is 5.96. The molecule has 0 aliphatic carbocycles. The van der Waals surface area contributed by atoms with Gasteiger partial charge in [-0.1, -0.05) is 36.4 Å². The van der Waals surface area contributed by atoms with Gasteiger partial charge < -0.3 is 9.47 Å². The Morgan fingerprint density at radius 1 is 0.929 bits per heavy atom. The van der Waals surface area contributed by atoms with E-state index in [0.717, 1.165) is 5.56 Å². The third kappa shape index (κ3) is 4.16. The number of sulfonamides is 1. The molecule has 0 radical (unpaired) electrons. The number of nitrogens with one attached hydrogen (secondary N) is 1. The fraction of sp³-hybridized carbons (Fsp3) is 0.190. The highest BCUT2D eigenvalue weighted by Crippen LogP contribution is 2.33. The molecule has 6 nitrogen and oxygen atoms in total. The predicted molar refractivity (Wildman–Crippen MR) is 107 cm³/mol. The van der Waals surface area contributed by atoms with Gasteiger partial charge in [-0.15, -0.1) is 0 Å². The van der Waals surface area contributed by atoms with Gasteiger partial charge in [0.1, 0.15) is 0 Å². The first-order valence-corrected chi connectivity index (χ1v) is 10.2. The average Bonchev–Trinajstić information content (AvgIpc) is 2.73. The maximum absolute atomic E-state index is 13.2. The minimum atomic E-state index is -3.87. The van der Waals surface area contributed by atoms with Gasteiger partial charge in [0.15, 0.2) is 11.5 Å². The Morgan fingerprint density at radius 3 is 2.18 bits per heavy atom. The van der Waals surface area contributed by atoms with Crippen molar-refractivity contribution in [1.29, 1.82) is 0 Å². The summed E-state index contributed by atoms with van der Waals surface area (Å²) >= 11 is 0. The molecule has 1 unspecified atom stereocenters. The summed E-state index contributed by atoms with van der Waals surface area (Å²) in [5, 5.41) is 0. The lowest BCUT2D eigenvalue weighted by molar-refractivity contribution is 0.353. The zero-order chi connectivity index (χ0) is 20.1. The fourth-order valence-corrected chi connectivity index (χ4v) is 4.40. The molecule has 3 aromatic rings. The molecule has 1 heterocycles. The van der Waals surface area contributed by atoms with Gasteiger partial charge in [0.25, 0.3) is 0 Å². The van der Waals surface area contributed by atoms with Gasteiger partial charge in [-0.05, 0) is 36.2 Å². The van der Waals surface area contributed by atoms with Crippen molar-refractivity contribution >= 4 is 10.0 Å². The van der Waals surface area contributed by atoms with Gasteiger partial charge in [0.05, 0.1) is 30.9 Å². The van der Waals surface area contributed by atoms with E-state index in [0.29, 0.717) is 22.8 Å². The van der Waals surface area contributed by atoms with Crippen LogP contribution in [-0.2, 0) is 10.0 Å². The molecule has 1 N–H and O–H groups in total. The molecule has 0 saturated heterocycles. The molecule has 1 atom stereocenters. The summed E-state index contributed by atoms with van der Waals surface area (Å²) in [6, 6.07) is 17.2. The summed E-state index contributed by atoms with van der Waals surface area (Å²) in [6.45, 7) is 1.72. The van der Waals surface area contributed by atoms with Crippen molar-refractivity contribution in [2.75, 3.05) is 14.2 Å². The molecule has 0 saturated carbocycles. The van der Waals surface area contributed by atoms with Crippen LogP contribution in [0, 0.1) is 6.92 Å². The second-order valence-electron chi connectivity index (χ2n) is 6.19. The van der Waals surface area contributed by atoms with E-state index in [2.05, 4.69) is 9.71 Å². The standard InChI is InChI=1S/C21H22N2O4S/c1-15-13-18(26-2)19(27-3)14-20(15)28(24,25)23-21(16-9-5-4-6-10-16)17-11-7-8-12-22-17/h4-14,21,23H,1-3H3. The molecule has 0 aliphatic rings. The van der Waals surface area contributed by atoms with E-state index in [1.165, 1.54) is 20.3 Å². The maximum atomic E-state index is 13.2. The molecule has 3 rings (SSSR count). The third-order valence-corrected chi connectivity index (χ3v) is 5.92. The lowest BCUT2D eigenvalue weighted by Crippen LogP contribution is -2.30. The quantitative estimate of drug-likeness (QED) is 0.659. The molecule has 0 amide bonds. The highest BCUT2D eigenvalue weighted by Gasteiger charge is 2.26. The van der Waals surface area contributed by atoms with Gasteiger partial charge in [0.2, 0.25) is 10.0 Å². The molecule has 7 heteroatoms. The zero-order valence-corrected chi connectivity index (χ0v) is 16.7. The van der Waals surface area contributed by atoms with Crippen LogP contribution in [0.1, 0.15) is 22.9 Å². The summed E-state index contributed by atoms with van der Waals surface area (Å²) in [4.78, 5) is 4.47. The van der Waals surface area contributed by atoms with E-state index >= 15 is 0 Å². The van der Waals surface area contributed by atoms with Gasteiger partial charge >= 0.3 is 0 Å². The first-order chi connectivity index (χ1) is 13.5. The molecule has 0 fully saturated rings. The van der Waals surface area contributed by atoms with Crippen LogP contribution in [0.3, 0.4) is 0 Å². The normalized spacial score (nSPS) is 12.4. The highest BCUT2D eigenvalue weighted by molar-refractivity contribution is 7.89. The lowest BCUT2D eigenvalue weighted by Gasteiger charge is -2.20. The number of aromatic nitrogens is 1. The third-order valence-electron chi connectivity index (χ3n) is 4.36. The number of benzene rings is 2. The molecule has 1 aromatic heterocycles. The first kappa shape index (κ1) is 19.9. The molecule has 0 bridgehead atoms. The van der Waals surface area contributed by atoms with E-state index in [1.54, 1.807) is 31.3 Å². The van der Waals surface area contributed by atoms with Crippen LogP contribution in [0.2, 0.25) is 0 Å². The minimum Gasteiger partial charge on any atom is -0.493 e. The number of hydrogen-bond donors (Lipinski definition) is 1. The van der Waals surface area contributed by atoms with Crippen molar-refractivity contribution in [3.8, 4) is 11.5 Å². The lowest BCUT2D eigenvalue weighted by atomic mass is 10.0.